The first-order valence-corrected chi connectivity index (χ1v) is 1.48. The zero-order chi connectivity index (χ0) is 2.71. The molecule has 0 aromatic heterocycles. The van der Waals surface area contributed by atoms with Crippen LogP contribution < -0.4 is 0 Å². The Bertz CT molecular complexity index is 13.5. The molecule has 0 aliphatic heterocycles. The van der Waals surface area contributed by atoms with Crippen molar-refractivity contribution >= 4 is 45.0 Å². The van der Waals surface area contributed by atoms with Gasteiger partial charge >= 0.3 is 53.0 Å². The first kappa shape index (κ1) is 8.93. The number of rotatable bonds is 0. The molecule has 0 bridgehead atoms. The van der Waals surface area contributed by atoms with Gasteiger partial charge in [0.15, 0.2) is 0 Å². The topological polar surface area (TPSA) is 37.3 Å². The summed E-state index contributed by atoms with van der Waals surface area (Å²) in [7, 11) is 0. The van der Waals surface area contributed by atoms with E-state index in [4.69, 9.17) is 7.96 Å². The molecule has 4 heavy (non-hydrogen) atoms. The summed E-state index contributed by atoms with van der Waals surface area (Å²) in [5.74, 6) is 0. The van der Waals surface area contributed by atoms with E-state index in [1.807, 2.05) is 0 Å². The van der Waals surface area contributed by atoms with E-state index < -0.39 is 15.5 Å². The molecule has 0 aromatic rings. The van der Waals surface area contributed by atoms with E-state index in [9.17, 15) is 0 Å². The summed E-state index contributed by atoms with van der Waals surface area (Å²) in [6.07, 6.45) is 0. The third-order valence-electron chi connectivity index (χ3n) is 0. The summed E-state index contributed by atoms with van der Waals surface area (Å²) in [5, 5.41) is 0. The second-order valence-electron chi connectivity index (χ2n) is 0.105. The maximum atomic E-state index is 8.57. The molecular weight excluding hydrogens is 82.0 g/mol. The van der Waals surface area contributed by atoms with Crippen molar-refractivity contribution in [1.82, 2.24) is 0 Å². The Balaban J connectivity index is 0. The first-order chi connectivity index (χ1) is 1.41. The Kier molecular flexibility index (Phi) is 19.9. The van der Waals surface area contributed by atoms with Gasteiger partial charge in [-0.3, -0.25) is 0 Å². The van der Waals surface area contributed by atoms with Crippen LogP contribution in [0.3, 0.4) is 0 Å². The zero-order valence-electron chi connectivity index (χ0n) is 1.43. The standard InChI is InChI=1S/Al.Na.H2O.O.H/h;;1H2;;/q+1;;;;/p-1. The summed E-state index contributed by atoms with van der Waals surface area (Å²) in [4.78, 5) is 0. The molecule has 0 atom stereocenters. The third-order valence-corrected chi connectivity index (χ3v) is 0. The second-order valence-corrected chi connectivity index (χ2v) is 0.316. The number of hydrogen-bond donors (Lipinski definition) is 1. The predicted molar refractivity (Wildman–Crippen MR) is 15.8 cm³/mol. The molecule has 0 aliphatic carbocycles. The Hall–Kier alpha value is 1.13. The van der Waals surface area contributed by atoms with Crippen LogP contribution in [0.2, 0.25) is 0 Å². The summed E-state index contributed by atoms with van der Waals surface area (Å²) in [5.41, 5.74) is 0. The summed E-state index contributed by atoms with van der Waals surface area (Å²) < 4.78 is 15.7. The van der Waals surface area contributed by atoms with Crippen molar-refractivity contribution in [2.45, 2.75) is 0 Å². The Morgan fingerprint density at radius 3 is 1.75 bits per heavy atom. The van der Waals surface area contributed by atoms with Crippen molar-refractivity contribution in [1.29, 1.82) is 0 Å². The fourth-order valence-electron chi connectivity index (χ4n) is 0. The fraction of sp³-hybridized carbons (Fsp3) is 0. The van der Waals surface area contributed by atoms with Crippen LogP contribution in [-0.2, 0) is 3.80 Å². The van der Waals surface area contributed by atoms with Gasteiger partial charge in [0.05, 0.1) is 0 Å². The molecule has 0 radical (unpaired) electrons. The molecule has 0 saturated heterocycles. The van der Waals surface area contributed by atoms with Crippen molar-refractivity contribution in [3.05, 3.63) is 0 Å². The second kappa shape index (κ2) is 8.92. The van der Waals surface area contributed by atoms with Crippen molar-refractivity contribution in [2.24, 2.45) is 0 Å². The van der Waals surface area contributed by atoms with Gasteiger partial charge in [-0.25, -0.2) is 0 Å². The van der Waals surface area contributed by atoms with Gasteiger partial charge in [0.25, 0.3) is 0 Å². The zero-order valence-corrected chi connectivity index (χ0v) is 2.59. The Morgan fingerprint density at radius 2 is 1.75 bits per heavy atom. The normalized spacial score (nSPS) is 2.00. The molecule has 0 aliphatic rings. The van der Waals surface area contributed by atoms with E-state index >= 15 is 0 Å². The van der Waals surface area contributed by atoms with Gasteiger partial charge < -0.3 is 0 Å². The molecule has 0 fully saturated rings. The molecule has 0 spiro atoms. The monoisotopic (exact) mass is 84.0 g/mol. The van der Waals surface area contributed by atoms with Gasteiger partial charge in [0.2, 0.25) is 0 Å². The van der Waals surface area contributed by atoms with E-state index in [1.165, 1.54) is 0 Å². The van der Waals surface area contributed by atoms with E-state index in [-0.39, 0.29) is 29.6 Å². The van der Waals surface area contributed by atoms with Crippen molar-refractivity contribution in [2.75, 3.05) is 0 Å². The Labute approximate surface area is 52.8 Å². The van der Waals surface area contributed by atoms with Gasteiger partial charge in [-0.2, -0.15) is 0 Å². The quantitative estimate of drug-likeness (QED) is 0.355. The van der Waals surface area contributed by atoms with Gasteiger partial charge in [-0.15, -0.1) is 0 Å². The van der Waals surface area contributed by atoms with Crippen molar-refractivity contribution in [3.63, 3.8) is 0 Å². The molecule has 1 N–H and O–H groups in total. The molecular formula is H2AlNaO2. The minimum absolute atomic E-state index is 0. The molecule has 0 unspecified atom stereocenters. The molecule has 2 nitrogen and oxygen atoms in total. The molecule has 18 valence electrons. The van der Waals surface area contributed by atoms with Crippen molar-refractivity contribution < 1.29 is 7.96 Å². The van der Waals surface area contributed by atoms with Crippen LogP contribution in [0.25, 0.3) is 0 Å². The number of hydrogen-bond acceptors (Lipinski definition) is 1. The van der Waals surface area contributed by atoms with Gasteiger partial charge in [-0.1, -0.05) is 0 Å². The van der Waals surface area contributed by atoms with Crippen molar-refractivity contribution in [3.8, 4) is 0 Å². The Morgan fingerprint density at radius 1 is 1.75 bits per heavy atom. The van der Waals surface area contributed by atoms with Crippen LogP contribution in [0.5, 0.6) is 0 Å². The van der Waals surface area contributed by atoms with Crippen LogP contribution in [0.1, 0.15) is 0 Å². The summed E-state index contributed by atoms with van der Waals surface area (Å²) >= 11 is -1.50. The van der Waals surface area contributed by atoms with Gasteiger partial charge in [-0.05, 0) is 0 Å². The maximum absolute atomic E-state index is 8.57. The van der Waals surface area contributed by atoms with E-state index in [0.717, 1.165) is 0 Å². The van der Waals surface area contributed by atoms with Crippen LogP contribution in [0, 0.1) is 0 Å². The summed E-state index contributed by atoms with van der Waals surface area (Å²) in [6, 6.07) is 0. The average molecular weight is 84.0 g/mol. The molecule has 0 heterocycles. The van der Waals surface area contributed by atoms with Crippen LogP contribution in [0.15, 0.2) is 0 Å². The first-order valence-electron chi connectivity index (χ1n) is 0.494. The summed E-state index contributed by atoms with van der Waals surface area (Å²) in [6.45, 7) is 0. The average Bonchev–Trinajstić information content (AvgIpc) is 0.918. The van der Waals surface area contributed by atoms with Gasteiger partial charge in [0, 0.05) is 0 Å². The van der Waals surface area contributed by atoms with E-state index in [2.05, 4.69) is 0 Å². The van der Waals surface area contributed by atoms with Gasteiger partial charge in [0.1, 0.15) is 0 Å². The fourth-order valence-corrected chi connectivity index (χ4v) is 0. The molecule has 0 rings (SSSR count). The van der Waals surface area contributed by atoms with Crippen LogP contribution >= 0.6 is 0 Å². The molecule has 0 saturated carbocycles. The molecule has 4 heteroatoms. The van der Waals surface area contributed by atoms with Crippen LogP contribution in [-0.4, -0.2) is 49.2 Å². The SMILES string of the molecule is [NaH].[O]=[Al][OH]. The minimum atomic E-state index is -1.50. The van der Waals surface area contributed by atoms with E-state index in [0.29, 0.717) is 0 Å². The molecule has 0 aromatic carbocycles. The third kappa shape index (κ3) is 11.1. The molecule has 0 amide bonds. The van der Waals surface area contributed by atoms with E-state index in [1.54, 1.807) is 0 Å². The predicted octanol–water partition coefficient (Wildman–Crippen LogP) is -1.71. The van der Waals surface area contributed by atoms with Crippen LogP contribution in [0.4, 0.5) is 0 Å².